The van der Waals surface area contributed by atoms with Crippen molar-refractivity contribution in [3.8, 4) is 0 Å². The van der Waals surface area contributed by atoms with Gasteiger partial charge >= 0.3 is 12.1 Å². The number of carbonyl (C=O) groups excluding carboxylic acids is 2. The summed E-state index contributed by atoms with van der Waals surface area (Å²) in [5.74, 6) is -2.69. The normalized spacial score (nSPS) is 12.9. The number of hydrogen-bond acceptors (Lipinski definition) is 5. The van der Waals surface area contributed by atoms with Gasteiger partial charge in [-0.25, -0.2) is 4.98 Å². The molecule has 5 rings (SSSR count). The number of benzene rings is 3. The van der Waals surface area contributed by atoms with Crippen LogP contribution in [0, 0.1) is 0 Å². The SMILES string of the molecule is O=C(Cn1c(C(F)(F)F)nc2ccccc21)OCC(=O)N1c2ccccc2Sc2ccccc21. The van der Waals surface area contributed by atoms with Crippen molar-refractivity contribution in [2.45, 2.75) is 22.5 Å². The molecular formula is C24H16F3N3O3S. The Morgan fingerprint density at radius 1 is 0.882 bits per heavy atom. The Morgan fingerprint density at radius 2 is 1.47 bits per heavy atom. The minimum atomic E-state index is -4.76. The molecule has 0 saturated carbocycles. The smallest absolute Gasteiger partial charge is 0.449 e. The van der Waals surface area contributed by atoms with Gasteiger partial charge in [0.25, 0.3) is 5.91 Å². The summed E-state index contributed by atoms with van der Waals surface area (Å²) in [6.07, 6.45) is -4.76. The van der Waals surface area contributed by atoms with Crippen LogP contribution >= 0.6 is 11.8 Å². The van der Waals surface area contributed by atoms with Gasteiger partial charge in [0.1, 0.15) is 6.54 Å². The second-order valence-corrected chi connectivity index (χ2v) is 8.52. The lowest BCUT2D eigenvalue weighted by atomic mass is 10.2. The molecule has 0 fully saturated rings. The molecule has 4 aromatic rings. The fraction of sp³-hybridized carbons (Fsp3) is 0.125. The molecule has 3 aromatic carbocycles. The van der Waals surface area contributed by atoms with Crippen LogP contribution in [-0.2, 0) is 27.0 Å². The van der Waals surface area contributed by atoms with Gasteiger partial charge in [-0.15, -0.1) is 0 Å². The summed E-state index contributed by atoms with van der Waals surface area (Å²) in [5.41, 5.74) is 1.55. The minimum Gasteiger partial charge on any atom is -0.454 e. The lowest BCUT2D eigenvalue weighted by Gasteiger charge is -2.30. The number of carbonyl (C=O) groups is 2. The van der Waals surface area contributed by atoms with E-state index in [9.17, 15) is 22.8 Å². The lowest BCUT2D eigenvalue weighted by Crippen LogP contribution is -2.33. The van der Waals surface area contributed by atoms with Crippen LogP contribution in [0.25, 0.3) is 11.0 Å². The molecule has 0 unspecified atom stereocenters. The van der Waals surface area contributed by atoms with Gasteiger partial charge < -0.3 is 9.30 Å². The third-order valence-electron chi connectivity index (χ3n) is 5.23. The zero-order valence-electron chi connectivity index (χ0n) is 17.5. The Balaban J connectivity index is 1.37. The van der Waals surface area contributed by atoms with E-state index in [-0.39, 0.29) is 11.0 Å². The number of halogens is 3. The number of anilines is 2. The quantitative estimate of drug-likeness (QED) is 0.363. The first-order chi connectivity index (χ1) is 16.3. The van der Waals surface area contributed by atoms with E-state index < -0.39 is 37.0 Å². The lowest BCUT2D eigenvalue weighted by molar-refractivity contribution is -0.152. The van der Waals surface area contributed by atoms with Gasteiger partial charge in [-0.1, -0.05) is 48.2 Å². The van der Waals surface area contributed by atoms with Crippen LogP contribution in [0.4, 0.5) is 24.5 Å². The molecule has 0 bridgehead atoms. The molecule has 1 aliphatic rings. The largest absolute Gasteiger partial charge is 0.454 e. The maximum atomic E-state index is 13.5. The van der Waals surface area contributed by atoms with Gasteiger partial charge in [0.15, 0.2) is 6.61 Å². The first-order valence-electron chi connectivity index (χ1n) is 10.2. The highest BCUT2D eigenvalue weighted by molar-refractivity contribution is 7.99. The molecule has 0 atom stereocenters. The van der Waals surface area contributed by atoms with Crippen molar-refractivity contribution in [1.82, 2.24) is 9.55 Å². The number of aromatic nitrogens is 2. The monoisotopic (exact) mass is 483 g/mol. The summed E-state index contributed by atoms with van der Waals surface area (Å²) in [4.78, 5) is 32.4. The third kappa shape index (κ3) is 4.01. The minimum absolute atomic E-state index is 0.109. The number of esters is 1. The molecular weight excluding hydrogens is 467 g/mol. The van der Waals surface area contributed by atoms with Crippen molar-refractivity contribution in [3.05, 3.63) is 78.6 Å². The number of ether oxygens (including phenoxy) is 1. The van der Waals surface area contributed by atoms with Crippen LogP contribution in [0.15, 0.2) is 82.6 Å². The van der Waals surface area contributed by atoms with Crippen molar-refractivity contribution in [3.63, 3.8) is 0 Å². The van der Waals surface area contributed by atoms with Crippen LogP contribution in [0.2, 0.25) is 0 Å². The topological polar surface area (TPSA) is 64.4 Å². The fourth-order valence-electron chi connectivity index (χ4n) is 3.81. The standard InChI is InChI=1S/C24H16F3N3O3S/c25-24(26,27)23-28-15-7-1-2-8-16(15)29(23)13-22(32)33-14-21(31)30-17-9-3-5-11-19(17)34-20-12-6-4-10-18(20)30/h1-12H,13-14H2. The molecule has 1 aromatic heterocycles. The summed E-state index contributed by atoms with van der Waals surface area (Å²) < 4.78 is 46.3. The second-order valence-electron chi connectivity index (χ2n) is 7.44. The highest BCUT2D eigenvalue weighted by Crippen LogP contribution is 2.47. The number of imidazole rings is 1. The molecule has 172 valence electrons. The van der Waals surface area contributed by atoms with Gasteiger partial charge in [0.05, 0.1) is 22.4 Å². The van der Waals surface area contributed by atoms with E-state index >= 15 is 0 Å². The van der Waals surface area contributed by atoms with E-state index in [2.05, 4.69) is 4.98 Å². The fourth-order valence-corrected chi connectivity index (χ4v) is 4.86. The zero-order chi connectivity index (χ0) is 23.9. The molecule has 10 heteroatoms. The summed E-state index contributed by atoms with van der Waals surface area (Å²) in [6, 6.07) is 20.6. The van der Waals surface area contributed by atoms with Crippen LogP contribution in [0.3, 0.4) is 0 Å². The first kappa shape index (κ1) is 22.0. The van der Waals surface area contributed by atoms with E-state index in [1.165, 1.54) is 28.8 Å². The van der Waals surface area contributed by atoms with Crippen LogP contribution in [0.5, 0.6) is 0 Å². The molecule has 0 aliphatic carbocycles. The summed E-state index contributed by atoms with van der Waals surface area (Å²) in [5, 5.41) is 0. The molecule has 6 nitrogen and oxygen atoms in total. The van der Waals surface area contributed by atoms with Crippen molar-refractivity contribution in [1.29, 1.82) is 0 Å². The second kappa shape index (κ2) is 8.53. The average Bonchev–Trinajstić information content (AvgIpc) is 3.20. The van der Waals surface area contributed by atoms with Crippen LogP contribution < -0.4 is 4.90 Å². The highest BCUT2D eigenvalue weighted by Gasteiger charge is 2.38. The van der Waals surface area contributed by atoms with E-state index in [1.54, 1.807) is 36.4 Å². The molecule has 2 heterocycles. The molecule has 0 N–H and O–H groups in total. The Bertz CT molecular complexity index is 1370. The van der Waals surface area contributed by atoms with Crippen molar-refractivity contribution >= 4 is 46.0 Å². The number of rotatable bonds is 4. The number of para-hydroxylation sites is 4. The Labute approximate surface area is 196 Å². The van der Waals surface area contributed by atoms with Crippen molar-refractivity contribution in [2.75, 3.05) is 11.5 Å². The van der Waals surface area contributed by atoms with E-state index in [0.717, 1.165) is 14.4 Å². The molecule has 1 aliphatic heterocycles. The van der Waals surface area contributed by atoms with Gasteiger partial charge in [-0.2, -0.15) is 13.2 Å². The summed E-state index contributed by atoms with van der Waals surface area (Å²) >= 11 is 1.52. The third-order valence-corrected chi connectivity index (χ3v) is 6.36. The summed E-state index contributed by atoms with van der Waals surface area (Å²) in [6.45, 7) is -1.36. The maximum absolute atomic E-state index is 13.5. The first-order valence-corrected chi connectivity index (χ1v) is 11.0. The predicted octanol–water partition coefficient (Wildman–Crippen LogP) is 5.43. The molecule has 0 spiro atoms. The van der Waals surface area contributed by atoms with Crippen molar-refractivity contribution < 1.29 is 27.5 Å². The maximum Gasteiger partial charge on any atom is 0.449 e. The van der Waals surface area contributed by atoms with E-state index in [0.29, 0.717) is 11.4 Å². The number of alkyl halides is 3. The van der Waals surface area contributed by atoms with Gasteiger partial charge in [0, 0.05) is 9.79 Å². The Kier molecular flexibility index (Phi) is 5.52. The van der Waals surface area contributed by atoms with Gasteiger partial charge in [0.2, 0.25) is 5.82 Å². The Morgan fingerprint density at radius 3 is 2.12 bits per heavy atom. The van der Waals surface area contributed by atoms with E-state index in [4.69, 9.17) is 4.74 Å². The average molecular weight is 483 g/mol. The van der Waals surface area contributed by atoms with Crippen molar-refractivity contribution in [2.24, 2.45) is 0 Å². The zero-order valence-corrected chi connectivity index (χ0v) is 18.3. The number of hydrogen-bond donors (Lipinski definition) is 0. The number of nitrogens with zero attached hydrogens (tertiary/aromatic N) is 3. The Hall–Kier alpha value is -3.79. The van der Waals surface area contributed by atoms with Gasteiger partial charge in [-0.05, 0) is 36.4 Å². The molecule has 0 saturated heterocycles. The van der Waals surface area contributed by atoms with Crippen LogP contribution in [0.1, 0.15) is 5.82 Å². The molecule has 1 amide bonds. The number of amides is 1. The molecule has 0 radical (unpaired) electrons. The van der Waals surface area contributed by atoms with Gasteiger partial charge in [-0.3, -0.25) is 14.5 Å². The number of fused-ring (bicyclic) bond motifs is 3. The summed E-state index contributed by atoms with van der Waals surface area (Å²) in [7, 11) is 0. The predicted molar refractivity (Wildman–Crippen MR) is 120 cm³/mol. The molecule has 34 heavy (non-hydrogen) atoms. The highest BCUT2D eigenvalue weighted by atomic mass is 32.2. The van der Waals surface area contributed by atoms with Crippen LogP contribution in [-0.4, -0.2) is 28.0 Å². The van der Waals surface area contributed by atoms with E-state index in [1.807, 2.05) is 24.3 Å².